The molecule has 3 heteroatoms. The number of nitrogens with zero attached hydrogens (tertiary/aromatic N) is 2. The van der Waals surface area contributed by atoms with Crippen molar-refractivity contribution < 1.29 is 4.79 Å². The Morgan fingerprint density at radius 1 is 0.815 bits per heavy atom. The van der Waals surface area contributed by atoms with Gasteiger partial charge in [0.2, 0.25) is 0 Å². The molecule has 156 valence electrons. The van der Waals surface area contributed by atoms with Crippen molar-refractivity contribution in [1.82, 2.24) is 9.80 Å². The zero-order chi connectivity index (χ0) is 19.6. The molecule has 3 nitrogen and oxygen atoms in total. The third-order valence-corrected chi connectivity index (χ3v) is 8.32. The summed E-state index contributed by atoms with van der Waals surface area (Å²) in [5.74, 6) is 2.66. The van der Waals surface area contributed by atoms with Crippen molar-refractivity contribution in [2.75, 3.05) is 26.2 Å². The zero-order valence-electron chi connectivity index (χ0n) is 18.7. The van der Waals surface area contributed by atoms with Gasteiger partial charge < -0.3 is 9.80 Å². The van der Waals surface area contributed by atoms with Crippen LogP contribution in [0.4, 0.5) is 0 Å². The SMILES string of the molecule is CC.CC(=O)C1CC2(C1)CC(N1CCC(N3CCC(C(C)C)CC3)CC1)C2. The van der Waals surface area contributed by atoms with E-state index in [4.69, 9.17) is 0 Å². The van der Waals surface area contributed by atoms with E-state index in [1.54, 1.807) is 6.92 Å². The van der Waals surface area contributed by atoms with Gasteiger partial charge >= 0.3 is 0 Å². The largest absolute Gasteiger partial charge is 0.300 e. The smallest absolute Gasteiger partial charge is 0.132 e. The second-order valence-corrected chi connectivity index (χ2v) is 10.2. The van der Waals surface area contributed by atoms with E-state index in [0.29, 0.717) is 17.1 Å². The van der Waals surface area contributed by atoms with Gasteiger partial charge in [-0.25, -0.2) is 0 Å². The molecule has 0 radical (unpaired) electrons. The fourth-order valence-electron chi connectivity index (χ4n) is 6.37. The first-order chi connectivity index (χ1) is 13.0. The standard InChI is InChI=1S/C22H38N2O.C2H6/c1-16(2)18-4-8-23(9-5-18)20-6-10-24(11-7-20)21-14-22(15-21)12-19(13-22)17(3)25;1-2/h16,18-21H,4-15H2,1-3H3;1-2H3. The molecule has 2 heterocycles. The first-order valence-electron chi connectivity index (χ1n) is 11.9. The summed E-state index contributed by atoms with van der Waals surface area (Å²) < 4.78 is 0. The summed E-state index contributed by atoms with van der Waals surface area (Å²) >= 11 is 0. The third kappa shape index (κ3) is 4.61. The lowest BCUT2D eigenvalue weighted by atomic mass is 9.49. The van der Waals surface area contributed by atoms with Crippen LogP contribution in [0.3, 0.4) is 0 Å². The van der Waals surface area contributed by atoms with Gasteiger partial charge in [0.15, 0.2) is 0 Å². The highest BCUT2D eigenvalue weighted by molar-refractivity contribution is 5.79. The first-order valence-corrected chi connectivity index (χ1v) is 11.9. The van der Waals surface area contributed by atoms with E-state index >= 15 is 0 Å². The van der Waals surface area contributed by atoms with Crippen molar-refractivity contribution in [3.63, 3.8) is 0 Å². The molecule has 2 aliphatic heterocycles. The Balaban J connectivity index is 0.00000102. The van der Waals surface area contributed by atoms with Crippen LogP contribution in [0.2, 0.25) is 0 Å². The van der Waals surface area contributed by atoms with Crippen molar-refractivity contribution >= 4 is 5.78 Å². The van der Waals surface area contributed by atoms with Gasteiger partial charge in [0.05, 0.1) is 0 Å². The van der Waals surface area contributed by atoms with Gasteiger partial charge in [-0.1, -0.05) is 27.7 Å². The summed E-state index contributed by atoms with van der Waals surface area (Å²) in [5, 5.41) is 0. The molecule has 0 atom stereocenters. The highest BCUT2D eigenvalue weighted by atomic mass is 16.1. The summed E-state index contributed by atoms with van der Waals surface area (Å²) in [5.41, 5.74) is 0.580. The van der Waals surface area contributed by atoms with Crippen molar-refractivity contribution in [3.8, 4) is 0 Å². The molecule has 1 spiro atoms. The molecule has 0 unspecified atom stereocenters. The summed E-state index contributed by atoms with van der Waals surface area (Å²) in [7, 11) is 0. The molecule has 27 heavy (non-hydrogen) atoms. The van der Waals surface area contributed by atoms with E-state index in [0.717, 1.165) is 23.9 Å². The van der Waals surface area contributed by atoms with Crippen LogP contribution in [0, 0.1) is 23.2 Å². The van der Waals surface area contributed by atoms with Crippen LogP contribution < -0.4 is 0 Å². The molecule has 4 fully saturated rings. The summed E-state index contributed by atoms with van der Waals surface area (Å²) in [6.07, 6.45) is 10.7. The van der Waals surface area contributed by atoms with Crippen LogP contribution in [-0.4, -0.2) is 53.8 Å². The summed E-state index contributed by atoms with van der Waals surface area (Å²) in [6.45, 7) is 15.9. The molecular formula is C24H44N2O. The minimum atomic E-state index is 0.403. The number of Topliss-reactive ketones (excluding diaryl/α,β-unsaturated/α-hetero) is 1. The predicted molar refractivity (Wildman–Crippen MR) is 114 cm³/mol. The van der Waals surface area contributed by atoms with Crippen LogP contribution >= 0.6 is 0 Å². The van der Waals surface area contributed by atoms with Crippen molar-refractivity contribution in [2.45, 2.75) is 98.1 Å². The lowest BCUT2D eigenvalue weighted by molar-refractivity contribution is -0.140. The molecule has 4 rings (SSSR count). The maximum atomic E-state index is 11.5. The fourth-order valence-corrected chi connectivity index (χ4v) is 6.37. The molecule has 0 aromatic rings. The molecule has 2 saturated carbocycles. The summed E-state index contributed by atoms with van der Waals surface area (Å²) in [4.78, 5) is 17.1. The van der Waals surface area contributed by atoms with E-state index in [-0.39, 0.29) is 0 Å². The quantitative estimate of drug-likeness (QED) is 0.690. The predicted octanol–water partition coefficient (Wildman–Crippen LogP) is 4.99. The molecule has 0 aromatic heterocycles. The van der Waals surface area contributed by atoms with E-state index in [1.165, 1.54) is 77.5 Å². The van der Waals surface area contributed by atoms with Gasteiger partial charge in [0.25, 0.3) is 0 Å². The Morgan fingerprint density at radius 2 is 1.30 bits per heavy atom. The maximum Gasteiger partial charge on any atom is 0.132 e. The minimum absolute atomic E-state index is 0.403. The van der Waals surface area contributed by atoms with Crippen molar-refractivity contribution in [1.29, 1.82) is 0 Å². The van der Waals surface area contributed by atoms with E-state index in [9.17, 15) is 4.79 Å². The van der Waals surface area contributed by atoms with Crippen molar-refractivity contribution in [3.05, 3.63) is 0 Å². The number of hydrogen-bond donors (Lipinski definition) is 0. The van der Waals surface area contributed by atoms with Gasteiger partial charge in [-0.2, -0.15) is 0 Å². The number of carbonyl (C=O) groups excluding carboxylic acids is 1. The van der Waals surface area contributed by atoms with E-state index < -0.39 is 0 Å². The van der Waals surface area contributed by atoms with Crippen molar-refractivity contribution in [2.24, 2.45) is 23.2 Å². The molecule has 2 aliphatic carbocycles. The maximum absolute atomic E-state index is 11.5. The Hall–Kier alpha value is -0.410. The second kappa shape index (κ2) is 8.95. The zero-order valence-corrected chi connectivity index (χ0v) is 18.7. The molecule has 0 amide bonds. The minimum Gasteiger partial charge on any atom is -0.300 e. The molecule has 4 aliphatic rings. The summed E-state index contributed by atoms with van der Waals surface area (Å²) in [6, 6.07) is 1.68. The number of carbonyl (C=O) groups is 1. The van der Waals surface area contributed by atoms with E-state index in [1.807, 2.05) is 13.8 Å². The average molecular weight is 377 g/mol. The third-order valence-electron chi connectivity index (χ3n) is 8.32. The normalized spacial score (nSPS) is 36.1. The topological polar surface area (TPSA) is 23.6 Å². The van der Waals surface area contributed by atoms with Crippen LogP contribution in [0.5, 0.6) is 0 Å². The highest BCUT2D eigenvalue weighted by Crippen LogP contribution is 2.60. The first kappa shape index (κ1) is 21.3. The molecule has 0 N–H and O–H groups in total. The highest BCUT2D eigenvalue weighted by Gasteiger charge is 2.55. The molecular weight excluding hydrogens is 332 g/mol. The Kier molecular flexibility index (Phi) is 7.06. The van der Waals surface area contributed by atoms with Crippen LogP contribution in [-0.2, 0) is 4.79 Å². The number of hydrogen-bond acceptors (Lipinski definition) is 3. The Bertz CT molecular complexity index is 473. The number of ketones is 1. The van der Waals surface area contributed by atoms with Gasteiger partial charge in [-0.3, -0.25) is 4.79 Å². The van der Waals surface area contributed by atoms with Gasteiger partial charge in [0, 0.05) is 18.0 Å². The number of likely N-dealkylation sites (tertiary alicyclic amines) is 2. The molecule has 0 aromatic carbocycles. The molecule has 0 bridgehead atoms. The monoisotopic (exact) mass is 376 g/mol. The van der Waals surface area contributed by atoms with Gasteiger partial charge in [-0.05, 0) is 102 Å². The Morgan fingerprint density at radius 3 is 1.78 bits per heavy atom. The number of rotatable bonds is 4. The van der Waals surface area contributed by atoms with Crippen LogP contribution in [0.15, 0.2) is 0 Å². The van der Waals surface area contributed by atoms with Gasteiger partial charge in [-0.15, -0.1) is 0 Å². The molecule has 2 saturated heterocycles. The van der Waals surface area contributed by atoms with Crippen LogP contribution in [0.1, 0.15) is 86.0 Å². The van der Waals surface area contributed by atoms with E-state index in [2.05, 4.69) is 23.6 Å². The Labute approximate surface area is 168 Å². The second-order valence-electron chi connectivity index (χ2n) is 10.2. The lowest BCUT2D eigenvalue weighted by Crippen LogP contribution is -2.59. The lowest BCUT2D eigenvalue weighted by Gasteiger charge is -2.60. The number of piperidine rings is 2. The van der Waals surface area contributed by atoms with Gasteiger partial charge in [0.1, 0.15) is 5.78 Å². The van der Waals surface area contributed by atoms with Crippen LogP contribution in [0.25, 0.3) is 0 Å². The fraction of sp³-hybridized carbons (Fsp3) is 0.958. The average Bonchev–Trinajstić information content (AvgIpc) is 2.61.